The molecule has 0 aromatic heterocycles. The number of rotatable bonds is 6. The van der Waals surface area contributed by atoms with Gasteiger partial charge in [0.2, 0.25) is 15.9 Å². The quantitative estimate of drug-likeness (QED) is 0.553. The molecule has 0 heterocycles. The largest absolute Gasteiger partial charge is 0.273 e. The van der Waals surface area contributed by atoms with Crippen LogP contribution in [0.4, 0.5) is 0 Å². The zero-order chi connectivity index (χ0) is 20.9. The van der Waals surface area contributed by atoms with Crippen LogP contribution < -0.4 is 15.6 Å². The number of hydrogen-bond donors (Lipinski definition) is 3. The molecule has 7 nitrogen and oxygen atoms in total. The molecule has 0 fully saturated rings. The predicted octanol–water partition coefficient (Wildman–Crippen LogP) is 2.46. The highest BCUT2D eigenvalue weighted by molar-refractivity contribution is 9.10. The van der Waals surface area contributed by atoms with Crippen molar-refractivity contribution in [2.75, 3.05) is 6.54 Å². The van der Waals surface area contributed by atoms with E-state index in [0.717, 1.165) is 35.7 Å². The zero-order valence-corrected chi connectivity index (χ0v) is 18.1. The van der Waals surface area contributed by atoms with E-state index in [1.54, 1.807) is 36.4 Å². The summed E-state index contributed by atoms with van der Waals surface area (Å²) in [6, 6.07) is 11.8. The summed E-state index contributed by atoms with van der Waals surface area (Å²) in [7, 11) is -3.69. The van der Waals surface area contributed by atoms with Crippen LogP contribution in [0.3, 0.4) is 0 Å². The molecule has 154 valence electrons. The molecule has 3 N–H and O–H groups in total. The normalized spacial score (nSPS) is 13.4. The predicted molar refractivity (Wildman–Crippen MR) is 113 cm³/mol. The van der Waals surface area contributed by atoms with Gasteiger partial charge < -0.3 is 0 Å². The van der Waals surface area contributed by atoms with E-state index >= 15 is 0 Å². The Kier molecular flexibility index (Phi) is 7.05. The van der Waals surface area contributed by atoms with Gasteiger partial charge in [-0.3, -0.25) is 20.4 Å². The number of hydrogen-bond acceptors (Lipinski definition) is 4. The molecular weight excluding hydrogens is 458 g/mol. The number of halogens is 1. The van der Waals surface area contributed by atoms with Gasteiger partial charge in [0.05, 0.1) is 4.90 Å². The van der Waals surface area contributed by atoms with E-state index in [-0.39, 0.29) is 17.9 Å². The molecule has 0 radical (unpaired) electrons. The molecule has 0 saturated carbocycles. The van der Waals surface area contributed by atoms with Crippen LogP contribution in [-0.2, 0) is 27.7 Å². The van der Waals surface area contributed by atoms with Gasteiger partial charge in [0, 0.05) is 23.0 Å². The Labute approximate surface area is 178 Å². The molecule has 2 aromatic carbocycles. The summed E-state index contributed by atoms with van der Waals surface area (Å²) < 4.78 is 28.2. The van der Waals surface area contributed by atoms with Gasteiger partial charge in [0.1, 0.15) is 0 Å². The Morgan fingerprint density at radius 3 is 2.34 bits per heavy atom. The molecule has 2 amide bonds. The number of carbonyl (C=O) groups is 2. The monoisotopic (exact) mass is 479 g/mol. The topological polar surface area (TPSA) is 104 Å². The van der Waals surface area contributed by atoms with Gasteiger partial charge in [0.25, 0.3) is 5.91 Å². The summed E-state index contributed by atoms with van der Waals surface area (Å²) in [6.07, 6.45) is 3.96. The number of nitrogens with one attached hydrogen (secondary N) is 3. The van der Waals surface area contributed by atoms with Crippen molar-refractivity contribution < 1.29 is 18.0 Å². The fourth-order valence-corrected chi connectivity index (χ4v) is 4.47. The Bertz CT molecular complexity index is 1010. The van der Waals surface area contributed by atoms with Crippen LogP contribution in [0.2, 0.25) is 0 Å². The lowest BCUT2D eigenvalue weighted by atomic mass is 9.92. The molecule has 0 bridgehead atoms. The third-order valence-corrected chi connectivity index (χ3v) is 6.68. The molecular formula is C20H22BrN3O4S. The Morgan fingerprint density at radius 2 is 1.62 bits per heavy atom. The van der Waals surface area contributed by atoms with Crippen LogP contribution in [0, 0.1) is 0 Å². The smallest absolute Gasteiger partial charge is 0.269 e. The van der Waals surface area contributed by atoms with Crippen LogP contribution in [0.1, 0.15) is 40.7 Å². The molecule has 2 aromatic rings. The van der Waals surface area contributed by atoms with Crippen molar-refractivity contribution in [1.29, 1.82) is 0 Å². The van der Waals surface area contributed by atoms with Gasteiger partial charge >= 0.3 is 0 Å². The van der Waals surface area contributed by atoms with Crippen molar-refractivity contribution in [3.8, 4) is 0 Å². The first-order chi connectivity index (χ1) is 13.8. The van der Waals surface area contributed by atoms with Crippen LogP contribution in [0.5, 0.6) is 0 Å². The van der Waals surface area contributed by atoms with Crippen molar-refractivity contribution in [3.63, 3.8) is 0 Å². The summed E-state index contributed by atoms with van der Waals surface area (Å²) in [6.45, 7) is -0.0700. The number of sulfonamides is 1. The number of amides is 2. The molecule has 0 unspecified atom stereocenters. The minimum absolute atomic E-state index is 0.0700. The van der Waals surface area contributed by atoms with E-state index in [9.17, 15) is 18.0 Å². The third-order valence-electron chi connectivity index (χ3n) is 4.70. The van der Waals surface area contributed by atoms with Crippen molar-refractivity contribution in [1.82, 2.24) is 15.6 Å². The lowest BCUT2D eigenvalue weighted by molar-refractivity contribution is -0.121. The van der Waals surface area contributed by atoms with E-state index in [2.05, 4.69) is 31.5 Å². The molecule has 0 saturated heterocycles. The van der Waals surface area contributed by atoms with E-state index < -0.39 is 21.8 Å². The third kappa shape index (κ3) is 5.88. The van der Waals surface area contributed by atoms with Crippen molar-refractivity contribution >= 4 is 37.8 Å². The highest BCUT2D eigenvalue weighted by Gasteiger charge is 2.18. The minimum atomic E-state index is -3.69. The number of fused-ring (bicyclic) bond motifs is 1. The maximum Gasteiger partial charge on any atom is 0.269 e. The van der Waals surface area contributed by atoms with Crippen molar-refractivity contribution in [3.05, 3.63) is 63.6 Å². The standard InChI is InChI=1S/C20H22BrN3O4S/c21-17-8-5-15(6-9-17)20(26)24-23-19(25)11-12-22-29(27,28)18-10-7-14-3-1-2-4-16(14)13-18/h5-10,13,22H,1-4,11-12H2,(H,23,25)(H,24,26). The molecule has 3 rings (SSSR count). The summed E-state index contributed by atoms with van der Waals surface area (Å²) in [5, 5.41) is 0. The molecule has 0 atom stereocenters. The number of benzene rings is 2. The van der Waals surface area contributed by atoms with Crippen LogP contribution in [0.25, 0.3) is 0 Å². The lowest BCUT2D eigenvalue weighted by Crippen LogP contribution is -2.42. The summed E-state index contributed by atoms with van der Waals surface area (Å²) in [4.78, 5) is 24.0. The molecule has 1 aliphatic carbocycles. The summed E-state index contributed by atoms with van der Waals surface area (Å²) in [5.74, 6) is -0.955. The second kappa shape index (κ2) is 9.51. The molecule has 9 heteroatoms. The number of carbonyl (C=O) groups excluding carboxylic acids is 2. The number of hydrazine groups is 1. The van der Waals surface area contributed by atoms with Crippen LogP contribution >= 0.6 is 15.9 Å². The second-order valence-corrected chi connectivity index (χ2v) is 9.48. The van der Waals surface area contributed by atoms with E-state index in [1.807, 2.05) is 6.07 Å². The maximum absolute atomic E-state index is 12.5. The minimum Gasteiger partial charge on any atom is -0.273 e. The highest BCUT2D eigenvalue weighted by atomic mass is 79.9. The SMILES string of the molecule is O=C(CCNS(=O)(=O)c1ccc2c(c1)CCCC2)NNC(=O)c1ccc(Br)cc1. The fourth-order valence-electron chi connectivity index (χ4n) is 3.12. The number of aryl methyl sites for hydroxylation is 2. The summed E-state index contributed by atoms with van der Waals surface area (Å²) >= 11 is 3.28. The fraction of sp³-hybridized carbons (Fsp3) is 0.300. The maximum atomic E-state index is 12.5. The van der Waals surface area contributed by atoms with Gasteiger partial charge in [-0.25, -0.2) is 13.1 Å². The average molecular weight is 480 g/mol. The first kappa shape index (κ1) is 21.5. The molecule has 0 aliphatic heterocycles. The van der Waals surface area contributed by atoms with E-state index in [0.29, 0.717) is 5.56 Å². The highest BCUT2D eigenvalue weighted by Crippen LogP contribution is 2.24. The van der Waals surface area contributed by atoms with Gasteiger partial charge in [-0.15, -0.1) is 0 Å². The van der Waals surface area contributed by atoms with Crippen molar-refractivity contribution in [2.45, 2.75) is 37.0 Å². The van der Waals surface area contributed by atoms with Gasteiger partial charge in [0.15, 0.2) is 0 Å². The van der Waals surface area contributed by atoms with E-state index in [1.165, 1.54) is 5.56 Å². The Balaban J connectivity index is 1.46. The Morgan fingerprint density at radius 1 is 0.931 bits per heavy atom. The van der Waals surface area contributed by atoms with Crippen LogP contribution in [-0.4, -0.2) is 26.8 Å². The zero-order valence-electron chi connectivity index (χ0n) is 15.7. The first-order valence-electron chi connectivity index (χ1n) is 9.31. The van der Waals surface area contributed by atoms with Gasteiger partial charge in [-0.2, -0.15) is 0 Å². The Hall–Kier alpha value is -2.23. The van der Waals surface area contributed by atoms with Crippen molar-refractivity contribution in [2.24, 2.45) is 0 Å². The van der Waals surface area contributed by atoms with Crippen LogP contribution in [0.15, 0.2) is 51.8 Å². The molecule has 29 heavy (non-hydrogen) atoms. The second-order valence-electron chi connectivity index (χ2n) is 6.79. The molecule has 1 aliphatic rings. The average Bonchev–Trinajstić information content (AvgIpc) is 2.72. The summed E-state index contributed by atoms with van der Waals surface area (Å²) in [5.41, 5.74) is 7.25. The lowest BCUT2D eigenvalue weighted by Gasteiger charge is -2.16. The first-order valence-corrected chi connectivity index (χ1v) is 11.6. The van der Waals surface area contributed by atoms with Gasteiger partial charge in [-0.1, -0.05) is 22.0 Å². The molecule has 0 spiro atoms. The van der Waals surface area contributed by atoms with Gasteiger partial charge in [-0.05, 0) is 73.2 Å². The van der Waals surface area contributed by atoms with E-state index in [4.69, 9.17) is 0 Å².